The molecule has 0 aromatic carbocycles. The molecule has 0 radical (unpaired) electrons. The molecule has 0 atom stereocenters. The number of ether oxygens (including phenoxy) is 1. The fraction of sp³-hybridized carbons (Fsp3) is 0.444. The van der Waals surface area contributed by atoms with Crippen LogP contribution in [0.5, 0.6) is 0 Å². The highest BCUT2D eigenvalue weighted by atomic mass is 32.1. The van der Waals surface area contributed by atoms with Crippen LogP contribution in [0.3, 0.4) is 0 Å². The molecular weight excluding hydrogens is 400 g/mol. The monoisotopic (exact) mass is 422 g/mol. The molecule has 150 valence electrons. The summed E-state index contributed by atoms with van der Waals surface area (Å²) in [5.41, 5.74) is 0.618. The average Bonchev–Trinajstić information content (AvgIpc) is 3.35. The lowest BCUT2D eigenvalue weighted by atomic mass is 10.1. The summed E-state index contributed by atoms with van der Waals surface area (Å²) in [5, 5.41) is 9.82. The summed E-state index contributed by atoms with van der Waals surface area (Å²) in [7, 11) is 0. The van der Waals surface area contributed by atoms with Crippen molar-refractivity contribution in [1.82, 2.24) is 15.2 Å². The van der Waals surface area contributed by atoms with Gasteiger partial charge in [0.05, 0.1) is 23.6 Å². The average molecular weight is 423 g/mol. The van der Waals surface area contributed by atoms with Gasteiger partial charge in [-0.2, -0.15) is 0 Å². The molecule has 0 aliphatic carbocycles. The van der Waals surface area contributed by atoms with Gasteiger partial charge >= 0.3 is 6.09 Å². The first-order chi connectivity index (χ1) is 13.5. The Morgan fingerprint density at radius 2 is 2.07 bits per heavy atom. The number of rotatable bonds is 6. The van der Waals surface area contributed by atoms with Crippen LogP contribution in [-0.4, -0.2) is 53.5 Å². The molecule has 8 nitrogen and oxygen atoms in total. The highest BCUT2D eigenvalue weighted by Gasteiger charge is 2.24. The second-order valence-corrected chi connectivity index (χ2v) is 8.09. The van der Waals surface area contributed by atoms with Crippen LogP contribution in [0, 0.1) is 0 Å². The van der Waals surface area contributed by atoms with E-state index in [0.29, 0.717) is 48.2 Å². The van der Waals surface area contributed by atoms with E-state index in [1.165, 1.54) is 22.7 Å². The van der Waals surface area contributed by atoms with E-state index < -0.39 is 0 Å². The van der Waals surface area contributed by atoms with Crippen molar-refractivity contribution < 1.29 is 19.1 Å². The van der Waals surface area contributed by atoms with Crippen molar-refractivity contribution >= 4 is 45.7 Å². The number of nitrogens with one attached hydrogen (secondary N) is 2. The van der Waals surface area contributed by atoms with Crippen LogP contribution in [0.4, 0.5) is 9.93 Å². The lowest BCUT2D eigenvalue weighted by molar-refractivity contribution is -0.121. The SMILES string of the molecule is CCOC(=O)N1CCC(NC(=O)Cc2csc(NC(=O)c3cccs3)n2)CC1. The third kappa shape index (κ3) is 5.52. The van der Waals surface area contributed by atoms with Gasteiger partial charge in [-0.3, -0.25) is 14.9 Å². The fourth-order valence-electron chi connectivity index (χ4n) is 2.88. The summed E-state index contributed by atoms with van der Waals surface area (Å²) in [4.78, 5) is 42.6. The Morgan fingerprint density at radius 1 is 1.29 bits per heavy atom. The van der Waals surface area contributed by atoms with Gasteiger partial charge in [0.15, 0.2) is 5.13 Å². The third-order valence-electron chi connectivity index (χ3n) is 4.24. The summed E-state index contributed by atoms with van der Waals surface area (Å²) in [6, 6.07) is 3.60. The van der Waals surface area contributed by atoms with E-state index in [-0.39, 0.29) is 30.4 Å². The number of thiazole rings is 1. The van der Waals surface area contributed by atoms with Crippen molar-refractivity contribution in [3.8, 4) is 0 Å². The molecule has 3 amide bonds. The van der Waals surface area contributed by atoms with E-state index in [1.807, 2.05) is 11.4 Å². The highest BCUT2D eigenvalue weighted by molar-refractivity contribution is 7.14. The predicted molar refractivity (Wildman–Crippen MR) is 108 cm³/mol. The number of nitrogens with zero attached hydrogens (tertiary/aromatic N) is 2. The molecule has 28 heavy (non-hydrogen) atoms. The van der Waals surface area contributed by atoms with Gasteiger partial charge in [-0.05, 0) is 31.2 Å². The van der Waals surface area contributed by atoms with Gasteiger partial charge in [0, 0.05) is 24.5 Å². The first-order valence-corrected chi connectivity index (χ1v) is 10.8. The van der Waals surface area contributed by atoms with Gasteiger partial charge in [-0.1, -0.05) is 6.07 Å². The van der Waals surface area contributed by atoms with Crippen molar-refractivity contribution in [2.45, 2.75) is 32.2 Å². The van der Waals surface area contributed by atoms with Gasteiger partial charge in [-0.15, -0.1) is 22.7 Å². The number of piperidine rings is 1. The summed E-state index contributed by atoms with van der Waals surface area (Å²) in [6.07, 6.45) is 1.25. The molecule has 1 saturated heterocycles. The van der Waals surface area contributed by atoms with E-state index >= 15 is 0 Å². The normalized spacial score (nSPS) is 14.5. The number of carbonyl (C=O) groups excluding carboxylic acids is 3. The van der Waals surface area contributed by atoms with Crippen LogP contribution in [-0.2, 0) is 16.0 Å². The summed E-state index contributed by atoms with van der Waals surface area (Å²) in [5.74, 6) is -0.315. The van der Waals surface area contributed by atoms with Crippen LogP contribution >= 0.6 is 22.7 Å². The Labute approximate surface area is 170 Å². The minimum atomic E-state index is -0.299. The largest absolute Gasteiger partial charge is 0.450 e. The molecule has 2 N–H and O–H groups in total. The summed E-state index contributed by atoms with van der Waals surface area (Å²) < 4.78 is 4.99. The van der Waals surface area contributed by atoms with Crippen LogP contribution in [0.25, 0.3) is 0 Å². The van der Waals surface area contributed by atoms with E-state index in [0.717, 1.165) is 0 Å². The Morgan fingerprint density at radius 3 is 2.75 bits per heavy atom. The first kappa shape index (κ1) is 20.3. The highest BCUT2D eigenvalue weighted by Crippen LogP contribution is 2.19. The van der Waals surface area contributed by atoms with Crippen molar-refractivity contribution in [2.75, 3.05) is 25.0 Å². The number of amides is 3. The lowest BCUT2D eigenvalue weighted by Crippen LogP contribution is -2.47. The van der Waals surface area contributed by atoms with Crippen molar-refractivity contribution in [3.05, 3.63) is 33.5 Å². The van der Waals surface area contributed by atoms with Gasteiger partial charge in [0.1, 0.15) is 0 Å². The fourth-order valence-corrected chi connectivity index (χ4v) is 4.20. The predicted octanol–water partition coefficient (Wildman–Crippen LogP) is 2.74. The summed E-state index contributed by atoms with van der Waals surface area (Å²) in [6.45, 7) is 3.28. The number of anilines is 1. The molecule has 1 fully saturated rings. The minimum absolute atomic E-state index is 0.0369. The van der Waals surface area contributed by atoms with E-state index in [2.05, 4.69) is 15.6 Å². The zero-order valence-electron chi connectivity index (χ0n) is 15.5. The molecule has 0 spiro atoms. The first-order valence-electron chi connectivity index (χ1n) is 9.05. The molecule has 1 aliphatic heterocycles. The summed E-state index contributed by atoms with van der Waals surface area (Å²) >= 11 is 2.65. The van der Waals surface area contributed by atoms with Crippen LogP contribution in [0.1, 0.15) is 35.1 Å². The standard InChI is InChI=1S/C18H22N4O4S2/c1-2-26-18(25)22-7-5-12(6-8-22)19-15(23)10-13-11-28-17(20-13)21-16(24)14-4-3-9-27-14/h3-4,9,11-12H,2,5-8,10H2,1H3,(H,19,23)(H,20,21,24). The topological polar surface area (TPSA) is 101 Å². The van der Waals surface area contributed by atoms with E-state index in [9.17, 15) is 14.4 Å². The third-order valence-corrected chi connectivity index (χ3v) is 5.92. The molecule has 0 saturated carbocycles. The van der Waals surface area contributed by atoms with Crippen LogP contribution in [0.15, 0.2) is 22.9 Å². The smallest absolute Gasteiger partial charge is 0.409 e. The van der Waals surface area contributed by atoms with Gasteiger partial charge in [0.2, 0.25) is 5.91 Å². The maximum atomic E-state index is 12.3. The number of carbonyl (C=O) groups is 3. The molecule has 10 heteroatoms. The Balaban J connectivity index is 1.43. The number of thiophene rings is 1. The second-order valence-electron chi connectivity index (χ2n) is 6.28. The number of hydrogen-bond donors (Lipinski definition) is 2. The molecule has 2 aromatic heterocycles. The molecule has 0 bridgehead atoms. The van der Waals surface area contributed by atoms with Crippen LogP contribution < -0.4 is 10.6 Å². The molecule has 3 heterocycles. The quantitative estimate of drug-likeness (QED) is 0.746. The van der Waals surface area contributed by atoms with Crippen molar-refractivity contribution in [2.24, 2.45) is 0 Å². The van der Waals surface area contributed by atoms with Gasteiger partial charge in [-0.25, -0.2) is 9.78 Å². The molecular formula is C18H22N4O4S2. The van der Waals surface area contributed by atoms with Gasteiger partial charge < -0.3 is 15.0 Å². The van der Waals surface area contributed by atoms with E-state index in [4.69, 9.17) is 4.74 Å². The maximum absolute atomic E-state index is 12.3. The molecule has 0 unspecified atom stereocenters. The molecule has 2 aromatic rings. The minimum Gasteiger partial charge on any atom is -0.450 e. The number of aromatic nitrogens is 1. The zero-order chi connectivity index (χ0) is 19.9. The number of hydrogen-bond acceptors (Lipinski definition) is 7. The molecule has 1 aliphatic rings. The second kappa shape index (κ2) is 9.65. The Hall–Kier alpha value is -2.46. The van der Waals surface area contributed by atoms with Gasteiger partial charge in [0.25, 0.3) is 5.91 Å². The Bertz CT molecular complexity index is 813. The lowest BCUT2D eigenvalue weighted by Gasteiger charge is -2.31. The van der Waals surface area contributed by atoms with E-state index in [1.54, 1.807) is 23.3 Å². The number of likely N-dealkylation sites (tertiary alicyclic amines) is 1. The zero-order valence-corrected chi connectivity index (χ0v) is 17.1. The Kier molecular flexibility index (Phi) is 6.99. The molecule has 3 rings (SSSR count). The maximum Gasteiger partial charge on any atom is 0.409 e. The van der Waals surface area contributed by atoms with Crippen LogP contribution in [0.2, 0.25) is 0 Å². The van der Waals surface area contributed by atoms with Crippen molar-refractivity contribution in [3.63, 3.8) is 0 Å². The van der Waals surface area contributed by atoms with Crippen molar-refractivity contribution in [1.29, 1.82) is 0 Å².